The van der Waals surface area contributed by atoms with E-state index in [-0.39, 0.29) is 14.9 Å². The van der Waals surface area contributed by atoms with E-state index in [1.807, 2.05) is 13.8 Å². The van der Waals surface area contributed by atoms with Gasteiger partial charge in [-0.05, 0) is 24.1 Å². The number of nitrogens with zero attached hydrogens (tertiary/aromatic N) is 1. The van der Waals surface area contributed by atoms with E-state index in [4.69, 9.17) is 29.6 Å². The van der Waals surface area contributed by atoms with Crippen LogP contribution in [-0.4, -0.2) is 31.3 Å². The van der Waals surface area contributed by atoms with Gasteiger partial charge in [0.05, 0.1) is 9.92 Å². The van der Waals surface area contributed by atoms with Crippen LogP contribution < -0.4 is 5.73 Å². The van der Waals surface area contributed by atoms with Crippen molar-refractivity contribution in [1.82, 2.24) is 4.31 Å². The minimum atomic E-state index is -3.54. The predicted molar refractivity (Wildman–Crippen MR) is 86.6 cm³/mol. The van der Waals surface area contributed by atoms with E-state index >= 15 is 0 Å². The molecule has 4 nitrogen and oxygen atoms in total. The molecule has 0 amide bonds. The lowest BCUT2D eigenvalue weighted by Gasteiger charge is -2.20. The van der Waals surface area contributed by atoms with E-state index in [1.54, 1.807) is 7.05 Å². The molecule has 0 radical (unpaired) electrons. The summed E-state index contributed by atoms with van der Waals surface area (Å²) < 4.78 is 26.2. The van der Waals surface area contributed by atoms with Gasteiger partial charge in [0.15, 0.2) is 0 Å². The summed E-state index contributed by atoms with van der Waals surface area (Å²) in [5, 5.41) is 0.246. The first-order valence-electron chi connectivity index (χ1n) is 6.25. The smallest absolute Gasteiger partial charge is 0.242 e. The van der Waals surface area contributed by atoms with Gasteiger partial charge in [0.1, 0.15) is 4.99 Å². The van der Waals surface area contributed by atoms with Gasteiger partial charge in [-0.3, -0.25) is 0 Å². The second kappa shape index (κ2) is 6.85. The van der Waals surface area contributed by atoms with Crippen molar-refractivity contribution in [3.63, 3.8) is 0 Å². The van der Waals surface area contributed by atoms with Crippen LogP contribution in [0.1, 0.15) is 25.8 Å². The van der Waals surface area contributed by atoms with Crippen molar-refractivity contribution in [3.05, 3.63) is 28.8 Å². The van der Waals surface area contributed by atoms with Crippen LogP contribution in [-0.2, 0) is 10.0 Å². The minimum Gasteiger partial charge on any atom is -0.389 e. The van der Waals surface area contributed by atoms with Gasteiger partial charge in [-0.15, -0.1) is 0 Å². The highest BCUT2D eigenvalue weighted by atomic mass is 35.5. The second-order valence-electron chi connectivity index (χ2n) is 4.80. The van der Waals surface area contributed by atoms with E-state index < -0.39 is 10.0 Å². The SMILES string of the molecule is CCC(C)CN(C)S(=O)(=O)c1ccc(C(N)=S)c(Cl)c1. The largest absolute Gasteiger partial charge is 0.389 e. The fourth-order valence-electron chi connectivity index (χ4n) is 1.70. The Morgan fingerprint density at radius 2 is 2.10 bits per heavy atom. The van der Waals surface area contributed by atoms with Crippen molar-refractivity contribution in [2.24, 2.45) is 11.7 Å². The molecule has 0 spiro atoms. The number of hydrogen-bond donors (Lipinski definition) is 1. The van der Waals surface area contributed by atoms with Gasteiger partial charge >= 0.3 is 0 Å². The molecule has 1 rings (SSSR count). The maximum Gasteiger partial charge on any atom is 0.242 e. The van der Waals surface area contributed by atoms with Crippen LogP contribution in [0.5, 0.6) is 0 Å². The summed E-state index contributed by atoms with van der Waals surface area (Å²) in [5.74, 6) is 0.293. The highest BCUT2D eigenvalue weighted by molar-refractivity contribution is 7.89. The number of thiocarbonyl (C=S) groups is 1. The van der Waals surface area contributed by atoms with Crippen molar-refractivity contribution in [2.75, 3.05) is 13.6 Å². The zero-order chi connectivity index (χ0) is 15.5. The molecule has 7 heteroatoms. The first kappa shape index (κ1) is 17.4. The highest BCUT2D eigenvalue weighted by Gasteiger charge is 2.23. The van der Waals surface area contributed by atoms with E-state index in [0.29, 0.717) is 18.0 Å². The van der Waals surface area contributed by atoms with Crippen LogP contribution in [0.15, 0.2) is 23.1 Å². The maximum atomic E-state index is 12.4. The number of rotatable bonds is 6. The van der Waals surface area contributed by atoms with Crippen molar-refractivity contribution in [2.45, 2.75) is 25.2 Å². The molecule has 0 fully saturated rings. The quantitative estimate of drug-likeness (QED) is 0.812. The normalized spacial score (nSPS) is 13.4. The fraction of sp³-hybridized carbons (Fsp3) is 0.462. The number of sulfonamides is 1. The lowest BCUT2D eigenvalue weighted by molar-refractivity contribution is 0.393. The molecular formula is C13H19ClN2O2S2. The zero-order valence-electron chi connectivity index (χ0n) is 11.8. The molecular weight excluding hydrogens is 316 g/mol. The average molecular weight is 335 g/mol. The number of halogens is 1. The van der Waals surface area contributed by atoms with Crippen molar-refractivity contribution >= 4 is 38.8 Å². The van der Waals surface area contributed by atoms with Crippen LogP contribution in [0, 0.1) is 5.92 Å². The third kappa shape index (κ3) is 3.91. The molecule has 1 unspecified atom stereocenters. The molecule has 0 aromatic heterocycles. The molecule has 0 aliphatic rings. The Balaban J connectivity index is 3.10. The van der Waals surface area contributed by atoms with Gasteiger partial charge in [0.2, 0.25) is 10.0 Å². The van der Waals surface area contributed by atoms with E-state index in [9.17, 15) is 8.42 Å². The zero-order valence-corrected chi connectivity index (χ0v) is 14.1. The standard InChI is InChI=1S/C13H19ClN2O2S2/c1-4-9(2)8-16(3)20(17,18)10-5-6-11(13(15)19)12(14)7-10/h5-7,9H,4,8H2,1-3H3,(H2,15,19). The van der Waals surface area contributed by atoms with Crippen LogP contribution in [0.4, 0.5) is 0 Å². The predicted octanol–water partition coefficient (Wildman–Crippen LogP) is 2.64. The maximum absolute atomic E-state index is 12.4. The summed E-state index contributed by atoms with van der Waals surface area (Å²) in [6.45, 7) is 4.50. The van der Waals surface area contributed by atoms with Crippen molar-refractivity contribution < 1.29 is 8.42 Å². The molecule has 0 heterocycles. The summed E-state index contributed by atoms with van der Waals surface area (Å²) in [7, 11) is -1.98. The Morgan fingerprint density at radius 3 is 2.55 bits per heavy atom. The van der Waals surface area contributed by atoms with E-state index in [0.717, 1.165) is 6.42 Å². The van der Waals surface area contributed by atoms with Crippen LogP contribution in [0.25, 0.3) is 0 Å². The molecule has 0 aliphatic carbocycles. The van der Waals surface area contributed by atoms with Crippen molar-refractivity contribution in [1.29, 1.82) is 0 Å². The molecule has 1 aromatic carbocycles. The number of hydrogen-bond acceptors (Lipinski definition) is 3. The third-order valence-electron chi connectivity index (χ3n) is 3.18. The summed E-state index contributed by atoms with van der Waals surface area (Å²) >= 11 is 10.9. The molecule has 2 N–H and O–H groups in total. The summed E-state index contributed by atoms with van der Waals surface area (Å²) in [5.41, 5.74) is 5.98. The molecule has 0 saturated heterocycles. The molecule has 1 aromatic rings. The lowest BCUT2D eigenvalue weighted by Crippen LogP contribution is -2.31. The highest BCUT2D eigenvalue weighted by Crippen LogP contribution is 2.23. The summed E-state index contributed by atoms with van der Waals surface area (Å²) in [6.07, 6.45) is 0.918. The van der Waals surface area contributed by atoms with Gasteiger partial charge in [0.25, 0.3) is 0 Å². The Bertz CT molecular complexity index is 602. The summed E-state index contributed by atoms with van der Waals surface area (Å²) in [6, 6.07) is 4.40. The Kier molecular flexibility index (Phi) is 5.94. The van der Waals surface area contributed by atoms with Gasteiger partial charge < -0.3 is 5.73 Å². The Morgan fingerprint density at radius 1 is 1.50 bits per heavy atom. The van der Waals surface area contributed by atoms with Gasteiger partial charge in [0, 0.05) is 19.2 Å². The fourth-order valence-corrected chi connectivity index (χ4v) is 3.60. The summed E-state index contributed by atoms with van der Waals surface area (Å²) in [4.78, 5) is 0.292. The van der Waals surface area contributed by atoms with E-state index in [1.165, 1.54) is 22.5 Å². The lowest BCUT2D eigenvalue weighted by atomic mass is 10.1. The number of benzene rings is 1. The molecule has 1 atom stereocenters. The third-order valence-corrected chi connectivity index (χ3v) is 5.53. The number of nitrogens with two attached hydrogens (primary N) is 1. The first-order valence-corrected chi connectivity index (χ1v) is 8.48. The molecule has 112 valence electrons. The van der Waals surface area contributed by atoms with E-state index in [2.05, 4.69) is 0 Å². The van der Waals surface area contributed by atoms with Crippen LogP contribution >= 0.6 is 23.8 Å². The molecule has 20 heavy (non-hydrogen) atoms. The molecule has 0 bridgehead atoms. The Labute approximate surface area is 131 Å². The second-order valence-corrected chi connectivity index (χ2v) is 7.70. The van der Waals surface area contributed by atoms with Crippen LogP contribution in [0.2, 0.25) is 5.02 Å². The van der Waals surface area contributed by atoms with Gasteiger partial charge in [-0.2, -0.15) is 0 Å². The van der Waals surface area contributed by atoms with Crippen molar-refractivity contribution in [3.8, 4) is 0 Å². The topological polar surface area (TPSA) is 63.4 Å². The molecule has 0 aliphatic heterocycles. The van der Waals surface area contributed by atoms with Gasteiger partial charge in [-0.1, -0.05) is 44.1 Å². The van der Waals surface area contributed by atoms with Crippen LogP contribution in [0.3, 0.4) is 0 Å². The van der Waals surface area contributed by atoms with Gasteiger partial charge in [-0.25, -0.2) is 12.7 Å². The average Bonchev–Trinajstić information content (AvgIpc) is 2.37. The molecule has 0 saturated carbocycles. The Hall–Kier alpha value is -0.690. The minimum absolute atomic E-state index is 0.145. The monoisotopic (exact) mass is 334 g/mol. The first-order chi connectivity index (χ1) is 9.20.